The fraction of sp³-hybridized carbons (Fsp3) is 0.583. The zero-order valence-electron chi connectivity index (χ0n) is 11.3. The molecule has 98 valence electrons. The minimum Gasteiger partial charge on any atom is -0.360 e. The van der Waals surface area contributed by atoms with Crippen molar-refractivity contribution in [2.45, 2.75) is 32.6 Å². The molecule has 0 unspecified atom stereocenters. The van der Waals surface area contributed by atoms with E-state index in [0.29, 0.717) is 0 Å². The van der Waals surface area contributed by atoms with Crippen LogP contribution in [0.15, 0.2) is 12.3 Å². The lowest BCUT2D eigenvalue weighted by Gasteiger charge is -2.12. The number of hydrogen-bond donors (Lipinski definition) is 1. The van der Waals surface area contributed by atoms with Crippen LogP contribution in [0.5, 0.6) is 0 Å². The molecule has 18 heavy (non-hydrogen) atoms. The minimum atomic E-state index is 0.0680. The van der Waals surface area contributed by atoms with Gasteiger partial charge in [0.1, 0.15) is 5.01 Å². The van der Waals surface area contributed by atoms with E-state index in [2.05, 4.69) is 41.4 Å². The Bertz CT molecular complexity index is 509. The van der Waals surface area contributed by atoms with E-state index in [1.54, 1.807) is 11.3 Å². The maximum Gasteiger partial charge on any atom is 0.205 e. The van der Waals surface area contributed by atoms with Crippen LogP contribution in [0.4, 0.5) is 5.13 Å². The van der Waals surface area contributed by atoms with Gasteiger partial charge in [0.25, 0.3) is 0 Å². The van der Waals surface area contributed by atoms with Gasteiger partial charge >= 0.3 is 0 Å². The van der Waals surface area contributed by atoms with Gasteiger partial charge in [-0.15, -0.1) is 10.2 Å². The van der Waals surface area contributed by atoms with Gasteiger partial charge in [0.2, 0.25) is 5.13 Å². The Morgan fingerprint density at radius 2 is 2.11 bits per heavy atom. The van der Waals surface area contributed by atoms with Gasteiger partial charge in [-0.25, -0.2) is 0 Å². The van der Waals surface area contributed by atoms with E-state index < -0.39 is 0 Å². The molecular weight excluding hydrogens is 246 g/mol. The molecule has 0 atom stereocenters. The summed E-state index contributed by atoms with van der Waals surface area (Å²) < 4.78 is 1.82. The van der Waals surface area contributed by atoms with E-state index in [1.807, 2.05) is 24.0 Å². The van der Waals surface area contributed by atoms with Crippen LogP contribution in [0.2, 0.25) is 0 Å². The van der Waals surface area contributed by atoms with E-state index in [9.17, 15) is 0 Å². The average Bonchev–Trinajstić information content (AvgIpc) is 2.87. The summed E-state index contributed by atoms with van der Waals surface area (Å²) in [6.45, 7) is 7.26. The number of aromatic nitrogens is 4. The lowest BCUT2D eigenvalue weighted by molar-refractivity contribution is 0.578. The molecule has 0 bridgehead atoms. The second-order valence-corrected chi connectivity index (χ2v) is 6.30. The summed E-state index contributed by atoms with van der Waals surface area (Å²) in [6, 6.07) is 2.03. The third kappa shape index (κ3) is 3.29. The minimum absolute atomic E-state index is 0.0680. The molecule has 0 saturated heterocycles. The molecule has 6 heteroatoms. The molecule has 0 amide bonds. The second-order valence-electron chi connectivity index (χ2n) is 5.32. The van der Waals surface area contributed by atoms with Crippen molar-refractivity contribution in [1.82, 2.24) is 20.0 Å². The van der Waals surface area contributed by atoms with Crippen LogP contribution in [0.3, 0.4) is 0 Å². The fourth-order valence-electron chi connectivity index (χ4n) is 1.49. The van der Waals surface area contributed by atoms with E-state index in [-0.39, 0.29) is 5.41 Å². The molecule has 0 aliphatic heterocycles. The third-order valence-electron chi connectivity index (χ3n) is 2.49. The van der Waals surface area contributed by atoms with Crippen LogP contribution in [0, 0.1) is 0 Å². The standard InChI is InChI=1S/C12H19N5S/c1-12(2,3)10-14-15-11(18-10)13-7-5-9-6-8-17(4)16-9/h6,8H,5,7H2,1-4H3,(H,13,15). The molecule has 0 spiro atoms. The molecule has 0 saturated carbocycles. The first-order chi connectivity index (χ1) is 8.45. The zero-order chi connectivity index (χ0) is 13.2. The van der Waals surface area contributed by atoms with Crippen molar-refractivity contribution < 1.29 is 0 Å². The fourth-order valence-corrected chi connectivity index (χ4v) is 2.32. The van der Waals surface area contributed by atoms with Crippen LogP contribution < -0.4 is 5.32 Å². The maximum absolute atomic E-state index is 4.33. The van der Waals surface area contributed by atoms with Crippen LogP contribution in [-0.2, 0) is 18.9 Å². The highest BCUT2D eigenvalue weighted by Crippen LogP contribution is 2.27. The van der Waals surface area contributed by atoms with Crippen molar-refractivity contribution >= 4 is 16.5 Å². The summed E-state index contributed by atoms with van der Waals surface area (Å²) in [6.07, 6.45) is 2.85. The molecule has 2 rings (SSSR count). The van der Waals surface area contributed by atoms with Crippen LogP contribution in [0.1, 0.15) is 31.5 Å². The quantitative estimate of drug-likeness (QED) is 0.921. The predicted molar refractivity (Wildman–Crippen MR) is 74.0 cm³/mol. The number of hydrogen-bond acceptors (Lipinski definition) is 5. The average molecular weight is 265 g/mol. The van der Waals surface area contributed by atoms with Gasteiger partial charge in [-0.2, -0.15) is 5.10 Å². The molecule has 2 aromatic rings. The molecule has 2 heterocycles. The van der Waals surface area contributed by atoms with Crippen molar-refractivity contribution in [3.8, 4) is 0 Å². The van der Waals surface area contributed by atoms with Crippen LogP contribution in [0.25, 0.3) is 0 Å². The number of aryl methyl sites for hydroxylation is 1. The highest BCUT2D eigenvalue weighted by Gasteiger charge is 2.19. The van der Waals surface area contributed by atoms with Crippen molar-refractivity contribution in [2.75, 3.05) is 11.9 Å². The Hall–Kier alpha value is -1.43. The summed E-state index contributed by atoms with van der Waals surface area (Å²) in [5, 5.41) is 17.9. The van der Waals surface area contributed by atoms with E-state index in [4.69, 9.17) is 0 Å². The Kier molecular flexibility index (Phi) is 3.65. The first-order valence-corrected chi connectivity index (χ1v) is 6.83. The molecule has 0 aliphatic carbocycles. The van der Waals surface area contributed by atoms with E-state index in [0.717, 1.165) is 28.8 Å². The van der Waals surface area contributed by atoms with Gasteiger partial charge < -0.3 is 5.32 Å². The van der Waals surface area contributed by atoms with E-state index >= 15 is 0 Å². The molecule has 0 radical (unpaired) electrons. The first-order valence-electron chi connectivity index (χ1n) is 6.01. The van der Waals surface area contributed by atoms with Gasteiger partial charge in [0.15, 0.2) is 0 Å². The molecule has 0 aliphatic rings. The molecule has 0 aromatic carbocycles. The van der Waals surface area contributed by atoms with Crippen molar-refractivity contribution in [1.29, 1.82) is 0 Å². The SMILES string of the molecule is Cn1ccc(CCNc2nnc(C(C)(C)C)s2)n1. The molecule has 1 N–H and O–H groups in total. The Balaban J connectivity index is 1.85. The van der Waals surface area contributed by atoms with Crippen LogP contribution in [-0.4, -0.2) is 26.5 Å². The summed E-state index contributed by atoms with van der Waals surface area (Å²) >= 11 is 1.62. The summed E-state index contributed by atoms with van der Waals surface area (Å²) in [5.74, 6) is 0. The Morgan fingerprint density at radius 1 is 1.33 bits per heavy atom. The highest BCUT2D eigenvalue weighted by atomic mass is 32.1. The number of nitrogens with zero attached hydrogens (tertiary/aromatic N) is 4. The third-order valence-corrected chi connectivity index (χ3v) is 3.80. The Morgan fingerprint density at radius 3 is 2.67 bits per heavy atom. The van der Waals surface area contributed by atoms with Gasteiger partial charge in [-0.3, -0.25) is 4.68 Å². The predicted octanol–water partition coefficient (Wildman–Crippen LogP) is 2.22. The summed E-state index contributed by atoms with van der Waals surface area (Å²) in [4.78, 5) is 0. The normalized spacial score (nSPS) is 11.8. The van der Waals surface area contributed by atoms with Crippen molar-refractivity contribution in [2.24, 2.45) is 7.05 Å². The lowest BCUT2D eigenvalue weighted by atomic mass is 9.98. The largest absolute Gasteiger partial charge is 0.360 e. The number of anilines is 1. The smallest absolute Gasteiger partial charge is 0.205 e. The number of rotatable bonds is 4. The van der Waals surface area contributed by atoms with E-state index in [1.165, 1.54) is 0 Å². The molecular formula is C12H19N5S. The monoisotopic (exact) mass is 265 g/mol. The highest BCUT2D eigenvalue weighted by molar-refractivity contribution is 7.15. The topological polar surface area (TPSA) is 55.6 Å². The summed E-state index contributed by atoms with van der Waals surface area (Å²) in [7, 11) is 1.93. The lowest BCUT2D eigenvalue weighted by Crippen LogP contribution is -2.10. The van der Waals surface area contributed by atoms with Gasteiger partial charge in [-0.1, -0.05) is 32.1 Å². The van der Waals surface area contributed by atoms with Crippen molar-refractivity contribution in [3.05, 3.63) is 23.0 Å². The zero-order valence-corrected chi connectivity index (χ0v) is 12.1. The molecule has 2 aromatic heterocycles. The van der Waals surface area contributed by atoms with Gasteiger partial charge in [0, 0.05) is 31.6 Å². The first kappa shape index (κ1) is 13.0. The number of nitrogens with one attached hydrogen (secondary N) is 1. The summed E-state index contributed by atoms with van der Waals surface area (Å²) in [5.41, 5.74) is 1.16. The maximum atomic E-state index is 4.33. The van der Waals surface area contributed by atoms with Gasteiger partial charge in [0.05, 0.1) is 5.69 Å². The Labute approximate surface area is 111 Å². The molecule has 0 fully saturated rings. The molecule has 5 nitrogen and oxygen atoms in total. The van der Waals surface area contributed by atoms with Crippen LogP contribution >= 0.6 is 11.3 Å². The van der Waals surface area contributed by atoms with Gasteiger partial charge in [-0.05, 0) is 6.07 Å². The van der Waals surface area contributed by atoms with Crippen molar-refractivity contribution in [3.63, 3.8) is 0 Å². The second kappa shape index (κ2) is 5.06.